The third kappa shape index (κ3) is 2.81. The number of para-hydroxylation sites is 1. The first-order valence-electron chi connectivity index (χ1n) is 6.57. The Morgan fingerprint density at radius 3 is 2.63 bits per heavy atom. The first-order valence-corrected chi connectivity index (χ1v) is 7.78. The minimum atomic E-state index is -1.39. The highest BCUT2D eigenvalue weighted by molar-refractivity contribution is 7.86. The van der Waals surface area contributed by atoms with Crippen molar-refractivity contribution < 1.29 is 9.00 Å². The molecule has 1 aliphatic rings. The molecule has 1 fully saturated rings. The number of aryl methyl sites for hydroxylation is 1. The molecule has 104 valence electrons. The second kappa shape index (κ2) is 5.74. The number of carbonyl (C=O) groups is 1. The molecular weight excluding hydrogens is 260 g/mol. The highest BCUT2D eigenvalue weighted by atomic mass is 32.2. The number of nitrogens with two attached hydrogens (primary N) is 1. The smallest absolute Gasteiger partial charge is 0.238 e. The van der Waals surface area contributed by atoms with Crippen LogP contribution in [0.15, 0.2) is 23.1 Å². The molecule has 0 radical (unpaired) electrons. The number of carbonyl (C=O) groups excluding carboxylic acids is 1. The summed E-state index contributed by atoms with van der Waals surface area (Å²) in [5, 5.41) is -0.540. The van der Waals surface area contributed by atoms with Gasteiger partial charge in [0, 0.05) is 13.1 Å². The molecule has 0 aromatic heterocycles. The summed E-state index contributed by atoms with van der Waals surface area (Å²) in [6.45, 7) is 5.16. The molecule has 0 bridgehead atoms. The lowest BCUT2D eigenvalue weighted by Gasteiger charge is -2.20. The van der Waals surface area contributed by atoms with Gasteiger partial charge in [-0.1, -0.05) is 12.1 Å². The van der Waals surface area contributed by atoms with Crippen LogP contribution in [-0.4, -0.2) is 33.4 Å². The molecule has 0 spiro atoms. The number of anilines is 1. The number of likely N-dealkylation sites (tertiary alicyclic amines) is 1. The maximum absolute atomic E-state index is 12.5. The van der Waals surface area contributed by atoms with Gasteiger partial charge >= 0.3 is 0 Å². The van der Waals surface area contributed by atoms with E-state index < -0.39 is 16.0 Å². The summed E-state index contributed by atoms with van der Waals surface area (Å²) in [6, 6.07) is 5.45. The molecule has 5 heteroatoms. The van der Waals surface area contributed by atoms with Crippen LogP contribution >= 0.6 is 0 Å². The summed E-state index contributed by atoms with van der Waals surface area (Å²) in [7, 11) is -1.39. The summed E-state index contributed by atoms with van der Waals surface area (Å²) in [5.74, 6) is -0.0308. The van der Waals surface area contributed by atoms with Gasteiger partial charge in [-0.15, -0.1) is 0 Å². The van der Waals surface area contributed by atoms with Crippen LogP contribution in [0.4, 0.5) is 5.69 Å². The minimum Gasteiger partial charge on any atom is -0.398 e. The average molecular weight is 280 g/mol. The molecule has 19 heavy (non-hydrogen) atoms. The van der Waals surface area contributed by atoms with Crippen LogP contribution in [0.3, 0.4) is 0 Å². The Morgan fingerprint density at radius 1 is 1.37 bits per heavy atom. The number of nitrogens with zero attached hydrogens (tertiary/aromatic N) is 1. The molecule has 2 atom stereocenters. The Morgan fingerprint density at radius 2 is 2.00 bits per heavy atom. The van der Waals surface area contributed by atoms with E-state index in [1.807, 2.05) is 19.1 Å². The third-order valence-electron chi connectivity index (χ3n) is 3.59. The molecule has 2 unspecified atom stereocenters. The first kappa shape index (κ1) is 14.1. The van der Waals surface area contributed by atoms with Crippen molar-refractivity contribution in [3.8, 4) is 0 Å². The monoisotopic (exact) mass is 280 g/mol. The fourth-order valence-corrected chi connectivity index (χ4v) is 3.61. The summed E-state index contributed by atoms with van der Waals surface area (Å²) in [6.07, 6.45) is 2.08. The van der Waals surface area contributed by atoms with E-state index in [1.165, 1.54) is 0 Å². The average Bonchev–Trinajstić information content (AvgIpc) is 2.93. The van der Waals surface area contributed by atoms with Crippen LogP contribution in [0, 0.1) is 6.92 Å². The molecule has 1 aromatic carbocycles. The van der Waals surface area contributed by atoms with Crippen molar-refractivity contribution in [2.24, 2.45) is 0 Å². The highest BCUT2D eigenvalue weighted by Crippen LogP contribution is 2.23. The largest absolute Gasteiger partial charge is 0.398 e. The Hall–Kier alpha value is -1.36. The zero-order valence-corrected chi connectivity index (χ0v) is 12.2. The standard InChI is InChI=1S/C14H20N2O2S/c1-10-6-5-7-12(13(10)15)19(18)11(2)14(17)16-8-3-4-9-16/h5-7,11H,3-4,8-9,15H2,1-2H3. The van der Waals surface area contributed by atoms with E-state index in [0.29, 0.717) is 10.6 Å². The first-order chi connectivity index (χ1) is 9.02. The number of hydrogen-bond acceptors (Lipinski definition) is 3. The summed E-state index contributed by atoms with van der Waals surface area (Å²) in [5.41, 5.74) is 7.38. The lowest BCUT2D eigenvalue weighted by atomic mass is 10.2. The second-order valence-electron chi connectivity index (χ2n) is 4.96. The van der Waals surface area contributed by atoms with Gasteiger partial charge < -0.3 is 10.6 Å². The van der Waals surface area contributed by atoms with Crippen LogP contribution in [0.25, 0.3) is 0 Å². The van der Waals surface area contributed by atoms with Crippen LogP contribution in [-0.2, 0) is 15.6 Å². The normalized spacial score (nSPS) is 18.3. The molecule has 1 aromatic rings. The quantitative estimate of drug-likeness (QED) is 0.857. The van der Waals surface area contributed by atoms with Crippen LogP contribution in [0.5, 0.6) is 0 Å². The number of benzene rings is 1. The maximum Gasteiger partial charge on any atom is 0.238 e. The third-order valence-corrected chi connectivity index (χ3v) is 5.22. The predicted octanol–water partition coefficient (Wildman–Crippen LogP) is 1.70. The van der Waals surface area contributed by atoms with Gasteiger partial charge in [-0.3, -0.25) is 9.00 Å². The SMILES string of the molecule is Cc1cccc(S(=O)C(C)C(=O)N2CCCC2)c1N. The summed E-state index contributed by atoms with van der Waals surface area (Å²) >= 11 is 0. The van der Waals surface area contributed by atoms with Gasteiger partial charge in [0.1, 0.15) is 5.25 Å². The predicted molar refractivity (Wildman–Crippen MR) is 77.3 cm³/mol. The fourth-order valence-electron chi connectivity index (χ4n) is 2.31. The van der Waals surface area contributed by atoms with Crippen molar-refractivity contribution in [3.63, 3.8) is 0 Å². The van der Waals surface area contributed by atoms with E-state index in [-0.39, 0.29) is 5.91 Å². The number of hydrogen-bond donors (Lipinski definition) is 1. The van der Waals surface area contributed by atoms with Crippen LogP contribution in [0.1, 0.15) is 25.3 Å². The Kier molecular flexibility index (Phi) is 4.24. The molecule has 1 aliphatic heterocycles. The van der Waals surface area contributed by atoms with Gasteiger partial charge in [0.25, 0.3) is 0 Å². The van der Waals surface area contributed by atoms with Crippen molar-refractivity contribution in [3.05, 3.63) is 23.8 Å². The van der Waals surface area contributed by atoms with E-state index in [0.717, 1.165) is 31.5 Å². The molecule has 1 saturated heterocycles. The van der Waals surface area contributed by atoms with E-state index in [1.54, 1.807) is 17.9 Å². The Balaban J connectivity index is 2.18. The fraction of sp³-hybridized carbons (Fsp3) is 0.500. The van der Waals surface area contributed by atoms with E-state index in [4.69, 9.17) is 5.73 Å². The topological polar surface area (TPSA) is 63.4 Å². The zero-order chi connectivity index (χ0) is 14.0. The second-order valence-corrected chi connectivity index (χ2v) is 6.70. The Labute approximate surface area is 116 Å². The zero-order valence-electron chi connectivity index (χ0n) is 11.4. The Bertz CT molecular complexity index is 510. The van der Waals surface area contributed by atoms with Crippen molar-refractivity contribution in [1.82, 2.24) is 4.90 Å². The van der Waals surface area contributed by atoms with E-state index in [9.17, 15) is 9.00 Å². The van der Waals surface area contributed by atoms with Gasteiger partial charge in [0.2, 0.25) is 5.91 Å². The van der Waals surface area contributed by atoms with Crippen molar-refractivity contribution in [2.45, 2.75) is 36.8 Å². The molecular formula is C14H20N2O2S. The lowest BCUT2D eigenvalue weighted by Crippen LogP contribution is -2.38. The summed E-state index contributed by atoms with van der Waals surface area (Å²) in [4.78, 5) is 14.6. The highest BCUT2D eigenvalue weighted by Gasteiger charge is 2.28. The number of rotatable bonds is 3. The molecule has 1 heterocycles. The van der Waals surface area contributed by atoms with Crippen molar-refractivity contribution in [2.75, 3.05) is 18.8 Å². The number of nitrogen functional groups attached to an aromatic ring is 1. The van der Waals surface area contributed by atoms with Gasteiger partial charge in [0.15, 0.2) is 0 Å². The number of amides is 1. The van der Waals surface area contributed by atoms with Gasteiger partial charge in [0.05, 0.1) is 21.4 Å². The van der Waals surface area contributed by atoms with E-state index in [2.05, 4.69) is 0 Å². The molecule has 4 nitrogen and oxygen atoms in total. The molecule has 0 saturated carbocycles. The molecule has 2 rings (SSSR count). The van der Waals surface area contributed by atoms with Crippen LogP contribution in [0.2, 0.25) is 0 Å². The van der Waals surface area contributed by atoms with Gasteiger partial charge in [-0.25, -0.2) is 0 Å². The van der Waals surface area contributed by atoms with Crippen molar-refractivity contribution in [1.29, 1.82) is 0 Å². The molecule has 1 amide bonds. The minimum absolute atomic E-state index is 0.0308. The summed E-state index contributed by atoms with van der Waals surface area (Å²) < 4.78 is 12.5. The molecule has 2 N–H and O–H groups in total. The van der Waals surface area contributed by atoms with E-state index >= 15 is 0 Å². The maximum atomic E-state index is 12.5. The molecule has 0 aliphatic carbocycles. The van der Waals surface area contributed by atoms with Gasteiger partial charge in [-0.2, -0.15) is 0 Å². The van der Waals surface area contributed by atoms with Crippen LogP contribution < -0.4 is 5.73 Å². The van der Waals surface area contributed by atoms with Gasteiger partial charge in [-0.05, 0) is 38.3 Å². The van der Waals surface area contributed by atoms with Crippen molar-refractivity contribution >= 4 is 22.4 Å². The lowest BCUT2D eigenvalue weighted by molar-refractivity contribution is -0.129.